The van der Waals surface area contributed by atoms with Gasteiger partial charge in [-0.2, -0.15) is 0 Å². The van der Waals surface area contributed by atoms with E-state index in [9.17, 15) is 4.79 Å². The Balaban J connectivity index is 2.38. The Morgan fingerprint density at radius 1 is 1.50 bits per heavy atom. The lowest BCUT2D eigenvalue weighted by atomic mass is 10.2. The molecule has 0 radical (unpaired) electrons. The monoisotopic (exact) mass is 295 g/mol. The Morgan fingerprint density at radius 3 is 2.80 bits per heavy atom. The summed E-state index contributed by atoms with van der Waals surface area (Å²) in [6, 6.07) is 0. The minimum Gasteiger partial charge on any atom is -0.444 e. The fourth-order valence-electron chi connectivity index (χ4n) is 1.26. The number of halogens is 1. The number of hydrogen-bond acceptors (Lipinski definition) is 4. The van der Waals surface area contributed by atoms with Gasteiger partial charge in [0.1, 0.15) is 5.60 Å². The molecule has 0 aliphatic rings. The van der Waals surface area contributed by atoms with Crippen molar-refractivity contribution in [2.45, 2.75) is 39.7 Å². The zero-order chi connectivity index (χ0) is 15.2. The Hall–Kier alpha value is -1.80. The molecule has 1 rings (SSSR count). The molecule has 0 bridgehead atoms. The van der Waals surface area contributed by atoms with Gasteiger partial charge in [-0.25, -0.2) is 14.8 Å². The number of carbonyl (C=O) groups is 1. The SMILES string of the molecule is Cc1nc(Cl)ncc1C#CCCNC(=O)OC(C)(C)C. The van der Waals surface area contributed by atoms with Gasteiger partial charge < -0.3 is 10.1 Å². The summed E-state index contributed by atoms with van der Waals surface area (Å²) in [5.74, 6) is 5.87. The average molecular weight is 296 g/mol. The molecule has 1 aromatic rings. The van der Waals surface area contributed by atoms with Crippen LogP contribution in [0, 0.1) is 18.8 Å². The van der Waals surface area contributed by atoms with Gasteiger partial charge in [0, 0.05) is 19.2 Å². The molecule has 1 heterocycles. The summed E-state index contributed by atoms with van der Waals surface area (Å²) in [6.07, 6.45) is 1.66. The molecule has 108 valence electrons. The molecule has 0 saturated carbocycles. The highest BCUT2D eigenvalue weighted by Gasteiger charge is 2.15. The third kappa shape index (κ3) is 6.39. The number of amides is 1. The molecule has 0 aromatic carbocycles. The van der Waals surface area contributed by atoms with Crippen LogP contribution in [0.2, 0.25) is 5.28 Å². The Kier molecular flexibility index (Phi) is 5.78. The highest BCUT2D eigenvalue weighted by Crippen LogP contribution is 2.06. The van der Waals surface area contributed by atoms with E-state index in [1.165, 1.54) is 0 Å². The van der Waals surface area contributed by atoms with Gasteiger partial charge in [-0.15, -0.1) is 0 Å². The van der Waals surface area contributed by atoms with Crippen molar-refractivity contribution < 1.29 is 9.53 Å². The first kappa shape index (κ1) is 16.3. The van der Waals surface area contributed by atoms with E-state index < -0.39 is 11.7 Å². The number of aryl methyl sites for hydroxylation is 1. The number of carbonyl (C=O) groups excluding carboxylic acids is 1. The largest absolute Gasteiger partial charge is 0.444 e. The molecule has 1 amide bonds. The van der Waals surface area contributed by atoms with E-state index in [2.05, 4.69) is 27.1 Å². The fourth-order valence-corrected chi connectivity index (χ4v) is 1.44. The minimum atomic E-state index is -0.493. The molecule has 0 saturated heterocycles. The zero-order valence-electron chi connectivity index (χ0n) is 12.1. The zero-order valence-corrected chi connectivity index (χ0v) is 12.8. The molecule has 1 N–H and O–H groups in total. The van der Waals surface area contributed by atoms with E-state index in [0.29, 0.717) is 13.0 Å². The molecule has 0 spiro atoms. The maximum Gasteiger partial charge on any atom is 0.407 e. The molecule has 0 unspecified atom stereocenters. The van der Waals surface area contributed by atoms with Crippen molar-refractivity contribution in [1.29, 1.82) is 0 Å². The average Bonchev–Trinajstić information content (AvgIpc) is 2.28. The van der Waals surface area contributed by atoms with E-state index >= 15 is 0 Å². The summed E-state index contributed by atoms with van der Waals surface area (Å²) in [4.78, 5) is 19.2. The van der Waals surface area contributed by atoms with Gasteiger partial charge in [-0.1, -0.05) is 11.8 Å². The van der Waals surface area contributed by atoms with Crippen LogP contribution >= 0.6 is 11.6 Å². The molecule has 0 atom stereocenters. The molecular weight excluding hydrogens is 278 g/mol. The molecular formula is C14H18ClN3O2. The molecule has 20 heavy (non-hydrogen) atoms. The van der Waals surface area contributed by atoms with E-state index in [1.54, 1.807) is 6.20 Å². The first-order valence-corrected chi connectivity index (χ1v) is 6.60. The van der Waals surface area contributed by atoms with E-state index in [-0.39, 0.29) is 5.28 Å². The van der Waals surface area contributed by atoms with Crippen LogP contribution in [0.3, 0.4) is 0 Å². The quantitative estimate of drug-likeness (QED) is 0.517. The smallest absolute Gasteiger partial charge is 0.407 e. The Bertz CT molecular complexity index is 542. The molecule has 6 heteroatoms. The topological polar surface area (TPSA) is 64.1 Å². The van der Waals surface area contributed by atoms with Crippen molar-refractivity contribution in [3.05, 3.63) is 22.7 Å². The van der Waals surface area contributed by atoms with Gasteiger partial charge in [0.25, 0.3) is 0 Å². The number of alkyl carbamates (subject to hydrolysis) is 1. The standard InChI is InChI=1S/C14H18ClN3O2/c1-10-11(9-17-12(15)18-10)7-5-6-8-16-13(19)20-14(2,3)4/h9H,6,8H2,1-4H3,(H,16,19). The number of rotatable bonds is 2. The molecule has 0 aliphatic carbocycles. The third-order valence-corrected chi connectivity index (χ3v) is 2.27. The number of hydrogen-bond donors (Lipinski definition) is 1. The van der Waals surface area contributed by atoms with Crippen molar-refractivity contribution in [2.24, 2.45) is 0 Å². The summed E-state index contributed by atoms with van der Waals surface area (Å²) < 4.78 is 5.10. The number of aromatic nitrogens is 2. The highest BCUT2D eigenvalue weighted by molar-refractivity contribution is 6.28. The maximum absolute atomic E-state index is 11.4. The molecule has 0 aliphatic heterocycles. The minimum absolute atomic E-state index is 0.208. The van der Waals surface area contributed by atoms with Crippen molar-refractivity contribution in [1.82, 2.24) is 15.3 Å². The second kappa shape index (κ2) is 7.11. The van der Waals surface area contributed by atoms with Gasteiger partial charge in [-0.3, -0.25) is 0 Å². The normalized spacial score (nSPS) is 10.4. The van der Waals surface area contributed by atoms with E-state index in [0.717, 1.165) is 11.3 Å². The van der Waals surface area contributed by atoms with Gasteiger partial charge in [0.05, 0.1) is 11.3 Å². The molecule has 1 aromatic heterocycles. The van der Waals surface area contributed by atoms with Crippen molar-refractivity contribution >= 4 is 17.7 Å². The van der Waals surface area contributed by atoms with Crippen molar-refractivity contribution in [3.63, 3.8) is 0 Å². The summed E-state index contributed by atoms with van der Waals surface area (Å²) in [6.45, 7) is 7.69. The van der Waals surface area contributed by atoms with Crippen molar-refractivity contribution in [2.75, 3.05) is 6.54 Å². The van der Waals surface area contributed by atoms with E-state index in [4.69, 9.17) is 16.3 Å². The second-order valence-electron chi connectivity index (χ2n) is 5.12. The predicted molar refractivity (Wildman–Crippen MR) is 77.5 cm³/mol. The lowest BCUT2D eigenvalue weighted by Crippen LogP contribution is -2.32. The van der Waals surface area contributed by atoms with Crippen molar-refractivity contribution in [3.8, 4) is 11.8 Å². The van der Waals surface area contributed by atoms with Crippen LogP contribution in [0.4, 0.5) is 4.79 Å². The lowest BCUT2D eigenvalue weighted by Gasteiger charge is -2.19. The van der Waals surface area contributed by atoms with Gasteiger partial charge in [-0.05, 0) is 39.3 Å². The van der Waals surface area contributed by atoms with Crippen LogP contribution < -0.4 is 5.32 Å². The first-order chi connectivity index (χ1) is 9.28. The van der Waals surface area contributed by atoms with Crippen LogP contribution in [0.15, 0.2) is 6.20 Å². The van der Waals surface area contributed by atoms with Gasteiger partial charge >= 0.3 is 6.09 Å². The molecule has 5 nitrogen and oxygen atoms in total. The fraction of sp³-hybridized carbons (Fsp3) is 0.500. The van der Waals surface area contributed by atoms with Gasteiger partial charge in [0.2, 0.25) is 5.28 Å². The first-order valence-electron chi connectivity index (χ1n) is 6.23. The van der Waals surface area contributed by atoms with Crippen LogP contribution in [0.25, 0.3) is 0 Å². The third-order valence-electron chi connectivity index (χ3n) is 2.09. The van der Waals surface area contributed by atoms with Crippen LogP contribution in [0.1, 0.15) is 38.4 Å². The maximum atomic E-state index is 11.4. The predicted octanol–water partition coefficient (Wildman–Crippen LogP) is 2.70. The summed E-state index contributed by atoms with van der Waals surface area (Å²) >= 11 is 5.66. The van der Waals surface area contributed by atoms with Gasteiger partial charge in [0.15, 0.2) is 0 Å². The number of ether oxygens (including phenoxy) is 1. The Labute approximate surface area is 124 Å². The summed E-state index contributed by atoms with van der Waals surface area (Å²) in [7, 11) is 0. The Morgan fingerprint density at radius 2 is 2.20 bits per heavy atom. The number of nitrogens with one attached hydrogen (secondary N) is 1. The molecule has 0 fully saturated rings. The lowest BCUT2D eigenvalue weighted by molar-refractivity contribution is 0.0529. The summed E-state index contributed by atoms with van der Waals surface area (Å²) in [5, 5.41) is 2.84. The number of nitrogens with zero attached hydrogens (tertiary/aromatic N) is 2. The summed E-state index contributed by atoms with van der Waals surface area (Å²) in [5.41, 5.74) is 0.970. The van der Waals surface area contributed by atoms with Crippen LogP contribution in [-0.4, -0.2) is 28.2 Å². The highest BCUT2D eigenvalue weighted by atomic mass is 35.5. The van der Waals surface area contributed by atoms with Crippen LogP contribution in [-0.2, 0) is 4.74 Å². The van der Waals surface area contributed by atoms with Crippen LogP contribution in [0.5, 0.6) is 0 Å². The van der Waals surface area contributed by atoms with E-state index in [1.807, 2.05) is 27.7 Å². The second-order valence-corrected chi connectivity index (χ2v) is 5.46.